The Morgan fingerprint density at radius 1 is 1.13 bits per heavy atom. The number of rotatable bonds is 8. The predicted octanol–water partition coefficient (Wildman–Crippen LogP) is 0.660. The highest BCUT2D eigenvalue weighted by Gasteiger charge is 2.32. The highest BCUT2D eigenvalue weighted by atomic mass is 16.4. The number of aryl methyl sites for hydroxylation is 1. The van der Waals surface area contributed by atoms with E-state index in [1.54, 1.807) is 43.1 Å². The van der Waals surface area contributed by atoms with E-state index in [2.05, 4.69) is 20.7 Å². The molecule has 1 saturated heterocycles. The summed E-state index contributed by atoms with van der Waals surface area (Å²) in [5.74, 6) is -1.66. The third kappa shape index (κ3) is 5.15. The molecule has 1 aliphatic rings. The number of hydrogen-bond acceptors (Lipinski definition) is 8. The summed E-state index contributed by atoms with van der Waals surface area (Å²) in [4.78, 5) is 67.8. The highest BCUT2D eigenvalue weighted by molar-refractivity contribution is 6.00. The summed E-state index contributed by atoms with van der Waals surface area (Å²) in [7, 11) is 1.59. The SMILES string of the molecule is CC(=O)N1CC(CC(=O)[C@H](C)NC(=O)c2cc(C(=O)NCc3ccc4oc(=O)n(C)c4c3)nc3ccnn23)C1. The number of carbonyl (C=O) groups is 4. The molecule has 0 unspecified atom stereocenters. The lowest BCUT2D eigenvalue weighted by Gasteiger charge is -2.38. The van der Waals surface area contributed by atoms with Gasteiger partial charge in [-0.3, -0.25) is 23.7 Å². The molecule has 13 nitrogen and oxygen atoms in total. The van der Waals surface area contributed by atoms with Gasteiger partial charge in [-0.25, -0.2) is 14.3 Å². The fourth-order valence-electron chi connectivity index (χ4n) is 4.51. The van der Waals surface area contributed by atoms with Crippen LogP contribution in [-0.4, -0.2) is 66.7 Å². The van der Waals surface area contributed by atoms with Crippen LogP contribution in [0.15, 0.2) is 45.7 Å². The molecule has 0 spiro atoms. The Balaban J connectivity index is 1.26. The number of ketones is 1. The lowest BCUT2D eigenvalue weighted by atomic mass is 9.92. The standard InChI is InChI=1S/C26H27N7O6/c1-14(21(35)9-17-12-32(13-17)15(2)34)29-25(37)20-10-18(30-23-6-7-28-33(20)23)24(36)27-11-16-4-5-22-19(8-16)31(3)26(38)39-22/h4-8,10,14,17H,9,11-13H2,1-3H3,(H,27,36)(H,29,37)/t14-/m0/s1. The van der Waals surface area contributed by atoms with Gasteiger partial charge in [0.1, 0.15) is 11.4 Å². The maximum Gasteiger partial charge on any atom is 0.419 e. The number of fused-ring (bicyclic) bond motifs is 2. The Hall–Kier alpha value is -4.81. The Bertz CT molecular complexity index is 1680. The average Bonchev–Trinajstić information content (AvgIpc) is 3.47. The molecule has 1 aliphatic heterocycles. The van der Waals surface area contributed by atoms with E-state index < -0.39 is 23.6 Å². The van der Waals surface area contributed by atoms with E-state index in [1.807, 2.05) is 0 Å². The van der Waals surface area contributed by atoms with Crippen LogP contribution >= 0.6 is 0 Å². The normalized spacial score (nSPS) is 14.3. The molecular formula is C26H27N7O6. The van der Waals surface area contributed by atoms with E-state index in [1.165, 1.54) is 28.3 Å². The maximum atomic E-state index is 13.1. The van der Waals surface area contributed by atoms with Crippen molar-refractivity contribution in [3.05, 3.63) is 64.0 Å². The second-order valence-corrected chi connectivity index (χ2v) is 9.70. The molecule has 1 aromatic carbocycles. The second kappa shape index (κ2) is 10.2. The summed E-state index contributed by atoms with van der Waals surface area (Å²) in [5.41, 5.74) is 2.13. The van der Waals surface area contributed by atoms with Crippen molar-refractivity contribution < 1.29 is 23.6 Å². The molecule has 39 heavy (non-hydrogen) atoms. The predicted molar refractivity (Wildman–Crippen MR) is 138 cm³/mol. The molecule has 2 N–H and O–H groups in total. The van der Waals surface area contributed by atoms with Gasteiger partial charge in [0.2, 0.25) is 5.91 Å². The van der Waals surface area contributed by atoms with E-state index in [0.717, 1.165) is 5.56 Å². The van der Waals surface area contributed by atoms with E-state index >= 15 is 0 Å². The van der Waals surface area contributed by atoms with Gasteiger partial charge in [0.05, 0.1) is 17.8 Å². The van der Waals surface area contributed by atoms with Gasteiger partial charge in [-0.15, -0.1) is 0 Å². The quantitative estimate of drug-likeness (QED) is 0.334. The van der Waals surface area contributed by atoms with Crippen molar-refractivity contribution in [2.45, 2.75) is 32.9 Å². The monoisotopic (exact) mass is 533 g/mol. The van der Waals surface area contributed by atoms with Crippen molar-refractivity contribution in [1.82, 2.24) is 34.7 Å². The van der Waals surface area contributed by atoms with Gasteiger partial charge in [-0.05, 0) is 24.6 Å². The van der Waals surface area contributed by atoms with Crippen LogP contribution in [0.3, 0.4) is 0 Å². The number of nitrogens with zero attached hydrogens (tertiary/aromatic N) is 5. The Morgan fingerprint density at radius 3 is 2.64 bits per heavy atom. The number of nitrogens with one attached hydrogen (secondary N) is 2. The number of Topliss-reactive ketones (excluding diaryl/α,β-unsaturated/α-hetero) is 1. The van der Waals surface area contributed by atoms with Crippen LogP contribution in [0.25, 0.3) is 16.7 Å². The Kier molecular flexibility index (Phi) is 6.73. The second-order valence-electron chi connectivity index (χ2n) is 9.70. The number of oxazole rings is 1. The molecule has 0 saturated carbocycles. The molecule has 4 heterocycles. The van der Waals surface area contributed by atoms with Crippen LogP contribution in [-0.2, 0) is 23.2 Å². The van der Waals surface area contributed by atoms with Crippen molar-refractivity contribution in [1.29, 1.82) is 0 Å². The first-order chi connectivity index (χ1) is 18.6. The molecule has 1 atom stereocenters. The minimum Gasteiger partial charge on any atom is -0.408 e. The van der Waals surface area contributed by atoms with Crippen LogP contribution in [0.2, 0.25) is 0 Å². The number of aromatic nitrogens is 4. The molecule has 4 aromatic rings. The van der Waals surface area contributed by atoms with Gasteiger partial charge in [0, 0.05) is 58.1 Å². The van der Waals surface area contributed by atoms with Gasteiger partial charge in [0.15, 0.2) is 17.0 Å². The van der Waals surface area contributed by atoms with E-state index in [9.17, 15) is 24.0 Å². The molecular weight excluding hydrogens is 506 g/mol. The van der Waals surface area contributed by atoms with Crippen molar-refractivity contribution >= 4 is 40.3 Å². The van der Waals surface area contributed by atoms with Crippen molar-refractivity contribution in [2.75, 3.05) is 13.1 Å². The number of hydrogen-bond donors (Lipinski definition) is 2. The third-order valence-corrected chi connectivity index (χ3v) is 6.86. The lowest BCUT2D eigenvalue weighted by Crippen LogP contribution is -2.51. The maximum absolute atomic E-state index is 13.1. The zero-order valence-corrected chi connectivity index (χ0v) is 21.6. The van der Waals surface area contributed by atoms with Crippen LogP contribution < -0.4 is 16.4 Å². The number of benzene rings is 1. The summed E-state index contributed by atoms with van der Waals surface area (Å²) in [6.07, 6.45) is 1.71. The summed E-state index contributed by atoms with van der Waals surface area (Å²) < 4.78 is 7.80. The lowest BCUT2D eigenvalue weighted by molar-refractivity contribution is -0.137. The Labute approximate surface area is 221 Å². The van der Waals surface area contributed by atoms with Gasteiger partial charge in [-0.1, -0.05) is 6.07 Å². The summed E-state index contributed by atoms with van der Waals surface area (Å²) >= 11 is 0. The molecule has 0 bridgehead atoms. The molecule has 0 aliphatic carbocycles. The van der Waals surface area contributed by atoms with Crippen LogP contribution in [0.4, 0.5) is 0 Å². The number of amides is 3. The fourth-order valence-corrected chi connectivity index (χ4v) is 4.51. The van der Waals surface area contributed by atoms with Crippen molar-refractivity contribution in [3.8, 4) is 0 Å². The molecule has 3 aromatic heterocycles. The molecule has 0 radical (unpaired) electrons. The van der Waals surface area contributed by atoms with Crippen LogP contribution in [0.1, 0.15) is 46.8 Å². The van der Waals surface area contributed by atoms with Crippen LogP contribution in [0.5, 0.6) is 0 Å². The Morgan fingerprint density at radius 2 is 1.90 bits per heavy atom. The third-order valence-electron chi connectivity index (χ3n) is 6.86. The van der Waals surface area contributed by atoms with Gasteiger partial charge in [-0.2, -0.15) is 5.10 Å². The fraction of sp³-hybridized carbons (Fsp3) is 0.346. The topological polar surface area (TPSA) is 161 Å². The summed E-state index contributed by atoms with van der Waals surface area (Å²) in [5, 5.41) is 9.58. The van der Waals surface area contributed by atoms with Gasteiger partial charge < -0.3 is 20.0 Å². The van der Waals surface area contributed by atoms with Gasteiger partial charge >= 0.3 is 5.76 Å². The zero-order chi connectivity index (χ0) is 27.8. The first-order valence-electron chi connectivity index (χ1n) is 12.4. The smallest absolute Gasteiger partial charge is 0.408 e. The number of likely N-dealkylation sites (tertiary alicyclic amines) is 1. The minimum atomic E-state index is -0.770. The zero-order valence-electron chi connectivity index (χ0n) is 21.6. The van der Waals surface area contributed by atoms with Crippen molar-refractivity contribution in [2.24, 2.45) is 13.0 Å². The van der Waals surface area contributed by atoms with E-state index in [0.29, 0.717) is 29.8 Å². The number of carbonyl (C=O) groups excluding carboxylic acids is 4. The molecule has 5 rings (SSSR count). The average molecular weight is 534 g/mol. The van der Waals surface area contributed by atoms with Gasteiger partial charge in [0.25, 0.3) is 11.8 Å². The highest BCUT2D eigenvalue weighted by Crippen LogP contribution is 2.20. The van der Waals surface area contributed by atoms with Crippen molar-refractivity contribution in [3.63, 3.8) is 0 Å². The summed E-state index contributed by atoms with van der Waals surface area (Å²) in [6, 6.07) is 7.25. The first-order valence-corrected chi connectivity index (χ1v) is 12.4. The molecule has 1 fully saturated rings. The molecule has 202 valence electrons. The summed E-state index contributed by atoms with van der Waals surface area (Å²) in [6.45, 7) is 4.31. The molecule has 13 heteroatoms. The molecule has 3 amide bonds. The van der Waals surface area contributed by atoms with E-state index in [-0.39, 0.29) is 42.0 Å². The minimum absolute atomic E-state index is 0.00251. The largest absolute Gasteiger partial charge is 0.419 e. The van der Waals surface area contributed by atoms with E-state index in [4.69, 9.17) is 4.42 Å². The van der Waals surface area contributed by atoms with Crippen LogP contribution in [0, 0.1) is 5.92 Å². The first kappa shape index (κ1) is 25.8.